The topological polar surface area (TPSA) is 101 Å². The van der Waals surface area contributed by atoms with Crippen molar-refractivity contribution in [1.29, 1.82) is 0 Å². The minimum absolute atomic E-state index is 0.0588. The molecule has 9 nitrogen and oxygen atoms in total. The molecule has 0 saturated carbocycles. The van der Waals surface area contributed by atoms with Gasteiger partial charge in [-0.3, -0.25) is 14.4 Å². The molecule has 3 heterocycles. The van der Waals surface area contributed by atoms with Gasteiger partial charge in [0, 0.05) is 44.4 Å². The third-order valence-corrected chi connectivity index (χ3v) is 7.31. The van der Waals surface area contributed by atoms with Crippen molar-refractivity contribution in [3.8, 4) is 11.5 Å². The first-order valence-electron chi connectivity index (χ1n) is 11.5. The molecule has 1 saturated heterocycles. The van der Waals surface area contributed by atoms with Crippen LogP contribution in [0, 0.1) is 0 Å². The quantitative estimate of drug-likeness (QED) is 0.659. The predicted molar refractivity (Wildman–Crippen MR) is 133 cm³/mol. The Kier molecular flexibility index (Phi) is 6.63. The van der Waals surface area contributed by atoms with Crippen LogP contribution >= 0.6 is 11.8 Å². The van der Waals surface area contributed by atoms with Gasteiger partial charge in [-0.15, -0.1) is 0 Å². The van der Waals surface area contributed by atoms with Gasteiger partial charge in [-0.1, -0.05) is 17.8 Å². The number of anilines is 1. The zero-order valence-electron chi connectivity index (χ0n) is 19.4. The summed E-state index contributed by atoms with van der Waals surface area (Å²) >= 11 is 1.37. The zero-order chi connectivity index (χ0) is 24.4. The van der Waals surface area contributed by atoms with Crippen LogP contribution in [0.1, 0.15) is 35.2 Å². The van der Waals surface area contributed by atoms with E-state index in [1.807, 2.05) is 18.2 Å². The maximum atomic E-state index is 12.8. The lowest BCUT2D eigenvalue weighted by molar-refractivity contribution is -0.121. The van der Waals surface area contributed by atoms with E-state index in [1.165, 1.54) is 11.8 Å². The van der Waals surface area contributed by atoms with Crippen LogP contribution in [-0.2, 0) is 16.1 Å². The molecule has 2 aromatic rings. The third kappa shape index (κ3) is 5.27. The monoisotopic (exact) mass is 494 g/mol. The smallest absolute Gasteiger partial charge is 0.262 e. The lowest BCUT2D eigenvalue weighted by Gasteiger charge is -2.18. The Bertz CT molecular complexity index is 1180. The Labute approximate surface area is 207 Å². The van der Waals surface area contributed by atoms with Gasteiger partial charge in [0.2, 0.25) is 12.7 Å². The average Bonchev–Trinajstić information content (AvgIpc) is 3.60. The number of benzene rings is 2. The Morgan fingerprint density at radius 3 is 2.63 bits per heavy atom. The second kappa shape index (κ2) is 9.99. The van der Waals surface area contributed by atoms with E-state index in [0.717, 1.165) is 36.7 Å². The van der Waals surface area contributed by atoms with Crippen LogP contribution in [0.3, 0.4) is 0 Å². The van der Waals surface area contributed by atoms with Gasteiger partial charge in [0.05, 0.1) is 0 Å². The summed E-state index contributed by atoms with van der Waals surface area (Å²) in [5, 5.41) is 3.06. The molecule has 2 aromatic carbocycles. The van der Waals surface area contributed by atoms with Crippen molar-refractivity contribution in [2.45, 2.75) is 31.1 Å². The summed E-state index contributed by atoms with van der Waals surface area (Å²) in [6.07, 6.45) is 2.26. The molecule has 182 valence electrons. The fourth-order valence-electron chi connectivity index (χ4n) is 4.23. The zero-order valence-corrected chi connectivity index (χ0v) is 20.2. The molecular formula is C25H26N4O5S. The van der Waals surface area contributed by atoms with E-state index in [4.69, 9.17) is 9.47 Å². The molecule has 35 heavy (non-hydrogen) atoms. The lowest BCUT2D eigenvalue weighted by Crippen LogP contribution is -2.26. The normalized spacial score (nSPS) is 18.5. The Morgan fingerprint density at radius 1 is 1.11 bits per heavy atom. The number of rotatable bonds is 6. The van der Waals surface area contributed by atoms with E-state index >= 15 is 0 Å². The molecule has 0 unspecified atom stereocenters. The lowest BCUT2D eigenvalue weighted by atomic mass is 10.1. The summed E-state index contributed by atoms with van der Waals surface area (Å²) in [4.78, 5) is 45.5. The Hall–Kier alpha value is -3.53. The van der Waals surface area contributed by atoms with Gasteiger partial charge in [0.25, 0.3) is 11.8 Å². The fourth-order valence-corrected chi connectivity index (χ4v) is 5.35. The van der Waals surface area contributed by atoms with Crippen molar-refractivity contribution in [2.24, 2.45) is 4.99 Å². The third-order valence-electron chi connectivity index (χ3n) is 6.10. The SMILES string of the molecule is CN(Cc1ccc2c(c1)OCO2)C(=O)c1ccc(NC(=O)C[C@H]2SC(N3CCCC3)=NC2=O)cc1. The van der Waals surface area contributed by atoms with Gasteiger partial charge in [-0.25, -0.2) is 0 Å². The number of thioether (sulfide) groups is 1. The highest BCUT2D eigenvalue weighted by atomic mass is 32.2. The van der Waals surface area contributed by atoms with E-state index < -0.39 is 5.25 Å². The number of carbonyl (C=O) groups excluding carboxylic acids is 3. The molecule has 0 spiro atoms. The van der Waals surface area contributed by atoms with Crippen LogP contribution in [0.4, 0.5) is 5.69 Å². The highest BCUT2D eigenvalue weighted by molar-refractivity contribution is 8.15. The van der Waals surface area contributed by atoms with Crippen LogP contribution in [0.25, 0.3) is 0 Å². The number of amidine groups is 1. The molecule has 0 bridgehead atoms. The number of carbonyl (C=O) groups is 3. The summed E-state index contributed by atoms with van der Waals surface area (Å²) < 4.78 is 10.7. The number of nitrogens with zero attached hydrogens (tertiary/aromatic N) is 3. The molecule has 5 rings (SSSR count). The van der Waals surface area contributed by atoms with E-state index in [-0.39, 0.29) is 30.9 Å². The average molecular weight is 495 g/mol. The van der Waals surface area contributed by atoms with E-state index in [1.54, 1.807) is 36.2 Å². The standard InChI is InChI=1S/C25H26N4O5S/c1-28(14-16-4-9-19-20(12-16)34-15-33-19)24(32)17-5-7-18(8-6-17)26-22(30)13-21-23(31)27-25(35-21)29-10-2-3-11-29/h4-9,12,21H,2-3,10-11,13-15H2,1H3,(H,26,30)/t21-/m1/s1. The summed E-state index contributed by atoms with van der Waals surface area (Å²) in [5.41, 5.74) is 2.02. The molecule has 1 atom stereocenters. The first-order valence-corrected chi connectivity index (χ1v) is 12.4. The van der Waals surface area contributed by atoms with Gasteiger partial charge >= 0.3 is 0 Å². The van der Waals surface area contributed by atoms with Crippen LogP contribution < -0.4 is 14.8 Å². The number of likely N-dealkylation sites (tertiary alicyclic amines) is 1. The number of aliphatic imine (C=N–C) groups is 1. The summed E-state index contributed by atoms with van der Waals surface area (Å²) in [6, 6.07) is 12.4. The molecule has 0 aliphatic carbocycles. The molecule has 3 aliphatic rings. The summed E-state index contributed by atoms with van der Waals surface area (Å²) in [7, 11) is 1.73. The number of fused-ring (bicyclic) bond motifs is 1. The summed E-state index contributed by atoms with van der Waals surface area (Å²) in [6.45, 7) is 2.45. The maximum absolute atomic E-state index is 12.8. The number of amides is 3. The molecule has 0 aromatic heterocycles. The number of hydrogen-bond donors (Lipinski definition) is 1. The molecular weight excluding hydrogens is 468 g/mol. The molecule has 0 radical (unpaired) electrons. The van der Waals surface area contributed by atoms with Crippen LogP contribution in [0.15, 0.2) is 47.5 Å². The van der Waals surface area contributed by atoms with E-state index in [9.17, 15) is 14.4 Å². The van der Waals surface area contributed by atoms with Crippen molar-refractivity contribution >= 4 is 40.3 Å². The van der Waals surface area contributed by atoms with Gasteiger partial charge < -0.3 is 24.6 Å². The van der Waals surface area contributed by atoms with Crippen LogP contribution in [0.5, 0.6) is 11.5 Å². The predicted octanol–water partition coefficient (Wildman–Crippen LogP) is 3.11. The van der Waals surface area contributed by atoms with E-state index in [2.05, 4.69) is 15.2 Å². The van der Waals surface area contributed by atoms with Crippen molar-refractivity contribution in [2.75, 3.05) is 32.2 Å². The molecule has 10 heteroatoms. The second-order valence-electron chi connectivity index (χ2n) is 8.71. The van der Waals surface area contributed by atoms with Gasteiger partial charge in [-0.2, -0.15) is 4.99 Å². The molecule has 3 amide bonds. The number of nitrogens with one attached hydrogen (secondary N) is 1. The van der Waals surface area contributed by atoms with Gasteiger partial charge in [-0.05, 0) is 54.8 Å². The van der Waals surface area contributed by atoms with Crippen LogP contribution in [-0.4, -0.2) is 64.9 Å². The van der Waals surface area contributed by atoms with E-state index in [0.29, 0.717) is 29.3 Å². The fraction of sp³-hybridized carbons (Fsp3) is 0.360. The van der Waals surface area contributed by atoms with Gasteiger partial charge in [0.15, 0.2) is 16.7 Å². The van der Waals surface area contributed by atoms with Crippen molar-refractivity contribution in [3.05, 3.63) is 53.6 Å². The Balaban J connectivity index is 1.12. The van der Waals surface area contributed by atoms with Crippen molar-refractivity contribution in [3.63, 3.8) is 0 Å². The van der Waals surface area contributed by atoms with Crippen molar-refractivity contribution in [1.82, 2.24) is 9.80 Å². The highest BCUT2D eigenvalue weighted by Gasteiger charge is 2.33. The van der Waals surface area contributed by atoms with Gasteiger partial charge in [0.1, 0.15) is 5.25 Å². The molecule has 1 fully saturated rings. The largest absolute Gasteiger partial charge is 0.454 e. The first-order chi connectivity index (χ1) is 17.0. The highest BCUT2D eigenvalue weighted by Crippen LogP contribution is 2.33. The maximum Gasteiger partial charge on any atom is 0.262 e. The van der Waals surface area contributed by atoms with Crippen LogP contribution in [0.2, 0.25) is 0 Å². The number of ether oxygens (including phenoxy) is 2. The minimum Gasteiger partial charge on any atom is -0.454 e. The minimum atomic E-state index is -0.490. The molecule has 1 N–H and O–H groups in total. The first kappa shape index (κ1) is 23.2. The summed E-state index contributed by atoms with van der Waals surface area (Å²) in [5.74, 6) is 0.738. The second-order valence-corrected chi connectivity index (χ2v) is 9.88. The van der Waals surface area contributed by atoms with Crippen molar-refractivity contribution < 1.29 is 23.9 Å². The molecule has 3 aliphatic heterocycles. The Morgan fingerprint density at radius 2 is 1.86 bits per heavy atom. The number of hydrogen-bond acceptors (Lipinski definition) is 7.